The van der Waals surface area contributed by atoms with Crippen LogP contribution in [0.3, 0.4) is 0 Å². The Labute approximate surface area is 105 Å². The predicted molar refractivity (Wildman–Crippen MR) is 67.6 cm³/mol. The van der Waals surface area contributed by atoms with E-state index in [0.717, 1.165) is 0 Å². The van der Waals surface area contributed by atoms with Crippen molar-refractivity contribution in [2.45, 2.75) is 13.8 Å². The number of methoxy groups -OCH3 is 1. The molecule has 0 radical (unpaired) electrons. The van der Waals surface area contributed by atoms with Gasteiger partial charge in [-0.15, -0.1) is 0 Å². The van der Waals surface area contributed by atoms with Crippen LogP contribution in [-0.4, -0.2) is 24.1 Å². The van der Waals surface area contributed by atoms with Crippen LogP contribution >= 0.6 is 0 Å². The topological polar surface area (TPSA) is 75.6 Å². The summed E-state index contributed by atoms with van der Waals surface area (Å²) in [7, 11) is 1.50. The van der Waals surface area contributed by atoms with Crippen LogP contribution in [0.5, 0.6) is 5.75 Å². The Hall–Kier alpha value is -2.30. The van der Waals surface area contributed by atoms with Crippen LogP contribution in [0.1, 0.15) is 13.8 Å². The molecule has 0 aliphatic heterocycles. The largest absolute Gasteiger partial charge is 0.495 e. The first-order valence-electron chi connectivity index (χ1n) is 5.32. The molecule has 0 fully saturated rings. The molecule has 5 heteroatoms. The molecular formula is C13H15NO4. The molecule has 0 aliphatic rings. The van der Waals surface area contributed by atoms with Gasteiger partial charge in [-0.3, -0.25) is 4.79 Å². The van der Waals surface area contributed by atoms with E-state index in [9.17, 15) is 9.59 Å². The molecule has 0 unspecified atom stereocenters. The number of hydrogen-bond acceptors (Lipinski definition) is 3. The van der Waals surface area contributed by atoms with Gasteiger partial charge in [-0.1, -0.05) is 12.1 Å². The molecule has 0 aromatic heterocycles. The molecule has 0 saturated carbocycles. The lowest BCUT2D eigenvalue weighted by Crippen LogP contribution is -2.16. The van der Waals surface area contributed by atoms with E-state index in [-0.39, 0.29) is 11.1 Å². The molecule has 1 rings (SSSR count). The van der Waals surface area contributed by atoms with Gasteiger partial charge in [0.1, 0.15) is 5.75 Å². The molecule has 1 aromatic rings. The van der Waals surface area contributed by atoms with Crippen molar-refractivity contribution in [3.05, 3.63) is 35.4 Å². The van der Waals surface area contributed by atoms with Gasteiger partial charge in [0.25, 0.3) is 5.91 Å². The fourth-order valence-electron chi connectivity index (χ4n) is 1.29. The molecule has 0 heterocycles. The van der Waals surface area contributed by atoms with Crippen LogP contribution in [-0.2, 0) is 9.59 Å². The van der Waals surface area contributed by atoms with Gasteiger partial charge in [0, 0.05) is 11.1 Å². The lowest BCUT2D eigenvalue weighted by atomic mass is 10.1. The zero-order chi connectivity index (χ0) is 13.7. The maximum Gasteiger partial charge on any atom is 0.331 e. The summed E-state index contributed by atoms with van der Waals surface area (Å²) in [6.07, 6.45) is 0. The van der Waals surface area contributed by atoms with Crippen molar-refractivity contribution in [2.75, 3.05) is 12.4 Å². The summed E-state index contributed by atoms with van der Waals surface area (Å²) in [4.78, 5) is 22.6. The second-order valence-electron chi connectivity index (χ2n) is 3.71. The molecule has 0 bridgehead atoms. The van der Waals surface area contributed by atoms with E-state index in [1.165, 1.54) is 21.0 Å². The summed E-state index contributed by atoms with van der Waals surface area (Å²) in [6, 6.07) is 6.92. The fourth-order valence-corrected chi connectivity index (χ4v) is 1.29. The highest BCUT2D eigenvalue weighted by Crippen LogP contribution is 2.23. The van der Waals surface area contributed by atoms with Gasteiger partial charge >= 0.3 is 5.97 Å². The van der Waals surface area contributed by atoms with Gasteiger partial charge in [-0.2, -0.15) is 0 Å². The Morgan fingerprint density at radius 1 is 1.17 bits per heavy atom. The van der Waals surface area contributed by atoms with E-state index < -0.39 is 11.9 Å². The highest BCUT2D eigenvalue weighted by Gasteiger charge is 2.14. The number of amides is 1. The number of benzene rings is 1. The second-order valence-corrected chi connectivity index (χ2v) is 3.71. The van der Waals surface area contributed by atoms with Crippen LogP contribution in [0.2, 0.25) is 0 Å². The van der Waals surface area contributed by atoms with E-state index in [1.54, 1.807) is 24.3 Å². The quantitative estimate of drug-likeness (QED) is 0.801. The van der Waals surface area contributed by atoms with Crippen molar-refractivity contribution in [3.8, 4) is 5.75 Å². The zero-order valence-corrected chi connectivity index (χ0v) is 10.5. The van der Waals surface area contributed by atoms with Crippen LogP contribution in [0.25, 0.3) is 0 Å². The molecule has 18 heavy (non-hydrogen) atoms. The number of ether oxygens (including phenoxy) is 1. The highest BCUT2D eigenvalue weighted by atomic mass is 16.5. The molecule has 1 aromatic carbocycles. The number of carboxylic acids is 1. The van der Waals surface area contributed by atoms with Crippen LogP contribution in [0, 0.1) is 0 Å². The maximum atomic E-state index is 11.8. The number of anilines is 1. The summed E-state index contributed by atoms with van der Waals surface area (Å²) in [5.41, 5.74) is 0.679. The van der Waals surface area contributed by atoms with Crippen molar-refractivity contribution in [3.63, 3.8) is 0 Å². The van der Waals surface area contributed by atoms with Crippen LogP contribution in [0.15, 0.2) is 35.4 Å². The summed E-state index contributed by atoms with van der Waals surface area (Å²) in [5, 5.41) is 11.4. The molecule has 0 spiro atoms. The van der Waals surface area contributed by atoms with Crippen molar-refractivity contribution in [1.29, 1.82) is 0 Å². The third kappa shape index (κ3) is 3.10. The van der Waals surface area contributed by atoms with Gasteiger partial charge in [0.2, 0.25) is 0 Å². The van der Waals surface area contributed by atoms with E-state index in [1.807, 2.05) is 0 Å². The third-order valence-electron chi connectivity index (χ3n) is 2.58. The number of para-hydroxylation sites is 2. The Bertz CT molecular complexity index is 505. The smallest absolute Gasteiger partial charge is 0.331 e. The van der Waals surface area contributed by atoms with Crippen LogP contribution < -0.4 is 10.1 Å². The van der Waals surface area contributed by atoms with Crippen molar-refractivity contribution in [1.82, 2.24) is 0 Å². The molecular weight excluding hydrogens is 234 g/mol. The van der Waals surface area contributed by atoms with Gasteiger partial charge in [0.15, 0.2) is 0 Å². The molecule has 0 atom stereocenters. The molecule has 0 saturated heterocycles. The minimum atomic E-state index is -1.11. The summed E-state index contributed by atoms with van der Waals surface area (Å²) < 4.78 is 5.09. The van der Waals surface area contributed by atoms with Crippen molar-refractivity contribution in [2.24, 2.45) is 0 Å². The molecule has 0 aliphatic carbocycles. The predicted octanol–water partition coefficient (Wildman–Crippen LogP) is 2.05. The molecule has 96 valence electrons. The summed E-state index contributed by atoms with van der Waals surface area (Å²) in [6.45, 7) is 2.85. The maximum absolute atomic E-state index is 11.8. The Kier molecular flexibility index (Phi) is 4.48. The lowest BCUT2D eigenvalue weighted by Gasteiger charge is -2.10. The number of aliphatic carboxylic acids is 1. The number of hydrogen-bond donors (Lipinski definition) is 2. The first kappa shape index (κ1) is 13.8. The number of nitrogens with one attached hydrogen (secondary N) is 1. The van der Waals surface area contributed by atoms with Crippen LogP contribution in [0.4, 0.5) is 5.69 Å². The Morgan fingerprint density at radius 2 is 1.78 bits per heavy atom. The van der Waals surface area contributed by atoms with E-state index in [4.69, 9.17) is 9.84 Å². The summed E-state index contributed by atoms with van der Waals surface area (Å²) >= 11 is 0. The molecule has 1 amide bonds. The standard InChI is InChI=1S/C13H15NO4/c1-8(9(2)13(16)17)12(15)14-10-6-4-5-7-11(10)18-3/h4-7H,1-3H3,(H,14,15)(H,16,17). The average Bonchev–Trinajstić information content (AvgIpc) is 2.37. The highest BCUT2D eigenvalue weighted by molar-refractivity contribution is 6.08. The zero-order valence-electron chi connectivity index (χ0n) is 10.5. The van der Waals surface area contributed by atoms with Gasteiger partial charge in [0.05, 0.1) is 12.8 Å². The first-order chi connectivity index (χ1) is 8.47. The monoisotopic (exact) mass is 249 g/mol. The minimum absolute atomic E-state index is 0.0161. The van der Waals surface area contributed by atoms with Crippen molar-refractivity contribution >= 4 is 17.6 Å². The number of carbonyl (C=O) groups is 2. The molecule has 2 N–H and O–H groups in total. The normalized spacial score (nSPS) is 11.5. The minimum Gasteiger partial charge on any atom is -0.495 e. The second kappa shape index (κ2) is 5.86. The fraction of sp³-hybridized carbons (Fsp3) is 0.231. The van der Waals surface area contributed by atoms with E-state index >= 15 is 0 Å². The Morgan fingerprint density at radius 3 is 2.33 bits per heavy atom. The SMILES string of the molecule is COc1ccccc1NC(=O)C(C)=C(C)C(=O)O. The lowest BCUT2D eigenvalue weighted by molar-refractivity contribution is -0.133. The van der Waals surface area contributed by atoms with Gasteiger partial charge in [-0.05, 0) is 26.0 Å². The van der Waals surface area contributed by atoms with Gasteiger partial charge in [-0.25, -0.2) is 4.79 Å². The van der Waals surface area contributed by atoms with E-state index in [2.05, 4.69) is 5.32 Å². The summed E-state index contributed by atoms with van der Waals surface area (Å²) in [5.74, 6) is -1.05. The van der Waals surface area contributed by atoms with Gasteiger partial charge < -0.3 is 15.2 Å². The number of rotatable bonds is 4. The Balaban J connectivity index is 2.95. The first-order valence-corrected chi connectivity index (χ1v) is 5.32. The van der Waals surface area contributed by atoms with E-state index in [0.29, 0.717) is 11.4 Å². The number of carboxylic acid groups (broad SMARTS) is 1. The third-order valence-corrected chi connectivity index (χ3v) is 2.58. The van der Waals surface area contributed by atoms with Crippen molar-refractivity contribution < 1.29 is 19.4 Å². The average molecular weight is 249 g/mol. The number of carbonyl (C=O) groups excluding carboxylic acids is 1. The molecule has 5 nitrogen and oxygen atoms in total.